The second-order valence-corrected chi connectivity index (χ2v) is 6.51. The first-order chi connectivity index (χ1) is 9.65. The van der Waals surface area contributed by atoms with Gasteiger partial charge in [-0.05, 0) is 50.8 Å². The molecule has 1 amide bonds. The van der Waals surface area contributed by atoms with Crippen LogP contribution in [0.1, 0.15) is 36.2 Å². The molecule has 0 bridgehead atoms. The highest BCUT2D eigenvalue weighted by atomic mass is 35.5. The van der Waals surface area contributed by atoms with Crippen molar-refractivity contribution < 1.29 is 4.79 Å². The molecule has 0 aromatic carbocycles. The van der Waals surface area contributed by atoms with Crippen molar-refractivity contribution >= 4 is 29.1 Å². The first kappa shape index (κ1) is 14.2. The van der Waals surface area contributed by atoms with Crippen LogP contribution in [-0.4, -0.2) is 41.5 Å². The predicted molar refractivity (Wildman–Crippen MR) is 80.5 cm³/mol. The molecule has 1 saturated heterocycles. The van der Waals surface area contributed by atoms with Gasteiger partial charge in [-0.2, -0.15) is 0 Å². The van der Waals surface area contributed by atoms with Crippen LogP contribution in [0.3, 0.4) is 0 Å². The van der Waals surface area contributed by atoms with Crippen molar-refractivity contribution in [3.8, 4) is 0 Å². The Hall–Kier alpha value is -0.710. The molecule has 110 valence electrons. The summed E-state index contributed by atoms with van der Waals surface area (Å²) in [5, 5.41) is 4.11. The van der Waals surface area contributed by atoms with Gasteiger partial charge in [-0.25, -0.2) is 0 Å². The molecule has 3 rings (SSSR count). The summed E-state index contributed by atoms with van der Waals surface area (Å²) in [6.07, 6.45) is 4.50. The predicted octanol–water partition coefficient (Wildman–Crippen LogP) is 2.93. The summed E-state index contributed by atoms with van der Waals surface area (Å²) in [6, 6.07) is 2.03. The van der Waals surface area contributed by atoms with Crippen LogP contribution in [0.5, 0.6) is 0 Å². The first-order valence-corrected chi connectivity index (χ1v) is 7.96. The number of rotatable bonds is 4. The van der Waals surface area contributed by atoms with Crippen LogP contribution >= 0.6 is 23.2 Å². The standard InChI is InChI=1S/C14H19Cl2N3O/c15-11-7-12(18-13(11)16)14(20)19(10-1-2-10)8-9-3-5-17-6-4-9/h7,9-10,17-18H,1-6,8H2. The molecule has 2 aliphatic rings. The van der Waals surface area contributed by atoms with Crippen molar-refractivity contribution in [2.24, 2.45) is 5.92 Å². The number of carbonyl (C=O) groups excluding carboxylic acids is 1. The fourth-order valence-corrected chi connectivity index (χ4v) is 3.11. The Balaban J connectivity index is 1.71. The molecule has 1 aromatic rings. The van der Waals surface area contributed by atoms with Gasteiger partial charge in [0.1, 0.15) is 10.8 Å². The second kappa shape index (κ2) is 5.96. The molecule has 1 aromatic heterocycles. The molecule has 0 atom stereocenters. The third-order valence-electron chi connectivity index (χ3n) is 4.12. The number of amides is 1. The van der Waals surface area contributed by atoms with E-state index in [4.69, 9.17) is 23.2 Å². The molecule has 2 fully saturated rings. The Bertz CT molecular complexity index is 473. The lowest BCUT2D eigenvalue weighted by molar-refractivity contribution is 0.0696. The van der Waals surface area contributed by atoms with Gasteiger partial charge in [-0.3, -0.25) is 4.79 Å². The molecular weight excluding hydrogens is 297 g/mol. The number of nitrogens with one attached hydrogen (secondary N) is 2. The number of halogens is 2. The zero-order valence-electron chi connectivity index (χ0n) is 11.3. The maximum Gasteiger partial charge on any atom is 0.270 e. The fraction of sp³-hybridized carbons (Fsp3) is 0.643. The highest BCUT2D eigenvalue weighted by Crippen LogP contribution is 2.31. The van der Waals surface area contributed by atoms with E-state index in [1.165, 1.54) is 0 Å². The van der Waals surface area contributed by atoms with E-state index in [1.54, 1.807) is 6.07 Å². The molecule has 20 heavy (non-hydrogen) atoms. The van der Waals surface area contributed by atoms with Gasteiger partial charge in [0.25, 0.3) is 5.91 Å². The van der Waals surface area contributed by atoms with Crippen molar-refractivity contribution in [1.82, 2.24) is 15.2 Å². The number of piperidine rings is 1. The van der Waals surface area contributed by atoms with Crippen molar-refractivity contribution in [3.05, 3.63) is 21.9 Å². The average Bonchev–Trinajstić information content (AvgIpc) is 3.23. The first-order valence-electron chi connectivity index (χ1n) is 7.21. The van der Waals surface area contributed by atoms with E-state index in [1.807, 2.05) is 4.90 Å². The lowest BCUT2D eigenvalue weighted by Crippen LogP contribution is -2.40. The Labute approximate surface area is 128 Å². The van der Waals surface area contributed by atoms with Crippen LogP contribution in [0.25, 0.3) is 0 Å². The maximum atomic E-state index is 12.6. The molecule has 0 spiro atoms. The van der Waals surface area contributed by atoms with E-state index in [0.29, 0.717) is 27.8 Å². The highest BCUT2D eigenvalue weighted by Gasteiger charge is 2.35. The molecule has 2 N–H and O–H groups in total. The van der Waals surface area contributed by atoms with Gasteiger partial charge in [-0.15, -0.1) is 0 Å². The van der Waals surface area contributed by atoms with Crippen molar-refractivity contribution in [2.45, 2.75) is 31.7 Å². The van der Waals surface area contributed by atoms with Crippen LogP contribution in [0.15, 0.2) is 6.07 Å². The maximum absolute atomic E-state index is 12.6. The summed E-state index contributed by atoms with van der Waals surface area (Å²) >= 11 is 11.8. The van der Waals surface area contributed by atoms with E-state index in [0.717, 1.165) is 45.3 Å². The van der Waals surface area contributed by atoms with Crippen LogP contribution in [-0.2, 0) is 0 Å². The Morgan fingerprint density at radius 3 is 2.50 bits per heavy atom. The molecule has 0 unspecified atom stereocenters. The number of hydrogen-bond acceptors (Lipinski definition) is 2. The minimum absolute atomic E-state index is 0.0276. The monoisotopic (exact) mass is 315 g/mol. The number of H-pyrrole nitrogens is 1. The number of nitrogens with zero attached hydrogens (tertiary/aromatic N) is 1. The summed E-state index contributed by atoms with van der Waals surface area (Å²) in [6.45, 7) is 2.95. The van der Waals surface area contributed by atoms with Gasteiger partial charge in [0, 0.05) is 12.6 Å². The van der Waals surface area contributed by atoms with Crippen LogP contribution < -0.4 is 5.32 Å². The van der Waals surface area contributed by atoms with E-state index in [9.17, 15) is 4.79 Å². The summed E-state index contributed by atoms with van der Waals surface area (Å²) < 4.78 is 0. The van der Waals surface area contributed by atoms with E-state index >= 15 is 0 Å². The summed E-state index contributed by atoms with van der Waals surface area (Å²) in [5.41, 5.74) is 0.501. The van der Waals surface area contributed by atoms with Gasteiger partial charge in [0.05, 0.1) is 5.02 Å². The Morgan fingerprint density at radius 1 is 1.25 bits per heavy atom. The topological polar surface area (TPSA) is 48.1 Å². The lowest BCUT2D eigenvalue weighted by Gasteiger charge is -2.30. The number of hydrogen-bond donors (Lipinski definition) is 2. The minimum Gasteiger partial charge on any atom is -0.340 e. The summed E-state index contributed by atoms with van der Waals surface area (Å²) in [4.78, 5) is 17.5. The summed E-state index contributed by atoms with van der Waals surface area (Å²) in [5.74, 6) is 0.626. The molecule has 4 nitrogen and oxygen atoms in total. The normalized spacial score (nSPS) is 20.1. The van der Waals surface area contributed by atoms with Crippen molar-refractivity contribution in [2.75, 3.05) is 19.6 Å². The zero-order chi connectivity index (χ0) is 14.1. The minimum atomic E-state index is 0.0276. The molecule has 1 saturated carbocycles. The fourth-order valence-electron chi connectivity index (χ4n) is 2.80. The number of aromatic nitrogens is 1. The quantitative estimate of drug-likeness (QED) is 0.897. The van der Waals surface area contributed by atoms with Gasteiger partial charge in [-0.1, -0.05) is 23.2 Å². The van der Waals surface area contributed by atoms with Gasteiger partial charge in [0.2, 0.25) is 0 Å². The summed E-state index contributed by atoms with van der Waals surface area (Å²) in [7, 11) is 0. The van der Waals surface area contributed by atoms with Gasteiger partial charge >= 0.3 is 0 Å². The second-order valence-electron chi connectivity index (χ2n) is 5.73. The van der Waals surface area contributed by atoms with Gasteiger partial charge < -0.3 is 15.2 Å². The van der Waals surface area contributed by atoms with E-state index in [-0.39, 0.29) is 5.91 Å². The van der Waals surface area contributed by atoms with Crippen LogP contribution in [0.2, 0.25) is 10.2 Å². The molecule has 2 heterocycles. The molecule has 1 aliphatic heterocycles. The van der Waals surface area contributed by atoms with E-state index < -0.39 is 0 Å². The van der Waals surface area contributed by atoms with Crippen molar-refractivity contribution in [1.29, 1.82) is 0 Å². The molecule has 0 radical (unpaired) electrons. The third kappa shape index (κ3) is 3.13. The molecule has 1 aliphatic carbocycles. The number of carbonyl (C=O) groups is 1. The van der Waals surface area contributed by atoms with Crippen LogP contribution in [0, 0.1) is 5.92 Å². The number of aromatic amines is 1. The van der Waals surface area contributed by atoms with Crippen molar-refractivity contribution in [3.63, 3.8) is 0 Å². The van der Waals surface area contributed by atoms with E-state index in [2.05, 4.69) is 10.3 Å². The SMILES string of the molecule is O=C(c1cc(Cl)c(Cl)[nH]1)N(CC1CCNCC1)C1CC1. The van der Waals surface area contributed by atoms with Gasteiger partial charge in [0.15, 0.2) is 0 Å². The highest BCUT2D eigenvalue weighted by molar-refractivity contribution is 6.41. The molecular formula is C14H19Cl2N3O. The Morgan fingerprint density at radius 2 is 1.95 bits per heavy atom. The Kier molecular flexibility index (Phi) is 4.24. The molecule has 6 heteroatoms. The third-order valence-corrected chi connectivity index (χ3v) is 4.81. The lowest BCUT2D eigenvalue weighted by atomic mass is 9.97. The van der Waals surface area contributed by atoms with Crippen LogP contribution in [0.4, 0.5) is 0 Å². The average molecular weight is 316 g/mol. The zero-order valence-corrected chi connectivity index (χ0v) is 12.8. The smallest absolute Gasteiger partial charge is 0.270 e. The largest absolute Gasteiger partial charge is 0.340 e.